The summed E-state index contributed by atoms with van der Waals surface area (Å²) in [5.74, 6) is 0.0240. The van der Waals surface area contributed by atoms with Gasteiger partial charge in [0.15, 0.2) is 0 Å². The van der Waals surface area contributed by atoms with Crippen LogP contribution >= 0.6 is 35.6 Å². The Morgan fingerprint density at radius 3 is 2.38 bits per heavy atom. The Morgan fingerprint density at radius 1 is 1.27 bits per heavy atom. The second-order valence-electron chi connectivity index (χ2n) is 6.89. The monoisotopic (exact) mass is 422 g/mol. The van der Waals surface area contributed by atoms with Crippen molar-refractivity contribution in [1.29, 1.82) is 0 Å². The Morgan fingerprint density at radius 2 is 1.88 bits per heavy atom. The lowest BCUT2D eigenvalue weighted by Crippen LogP contribution is -2.51. The molecule has 0 atom stereocenters. The summed E-state index contributed by atoms with van der Waals surface area (Å²) < 4.78 is 5.55. The number of halogens is 3. The van der Waals surface area contributed by atoms with E-state index in [0.29, 0.717) is 36.3 Å². The van der Waals surface area contributed by atoms with Crippen LogP contribution in [0.2, 0.25) is 10.0 Å². The molecule has 2 rings (SSSR count). The van der Waals surface area contributed by atoms with Crippen LogP contribution in [0.5, 0.6) is 0 Å². The third-order valence-corrected chi connectivity index (χ3v) is 6.31. The van der Waals surface area contributed by atoms with Gasteiger partial charge in [-0.05, 0) is 43.4 Å². The highest BCUT2D eigenvalue weighted by atomic mass is 35.5. The quantitative estimate of drug-likeness (QED) is 0.685. The third-order valence-electron chi connectivity index (χ3n) is 5.77. The number of hydrogen-bond donors (Lipinski definition) is 2. The fourth-order valence-corrected chi connectivity index (χ4v) is 4.22. The summed E-state index contributed by atoms with van der Waals surface area (Å²) in [5, 5.41) is 4.41. The van der Waals surface area contributed by atoms with Gasteiger partial charge in [-0.25, -0.2) is 0 Å². The molecule has 1 aliphatic rings. The number of hydrogen-bond acceptors (Lipinski definition) is 3. The van der Waals surface area contributed by atoms with Gasteiger partial charge in [0.25, 0.3) is 0 Å². The van der Waals surface area contributed by atoms with Gasteiger partial charge < -0.3 is 15.8 Å². The second-order valence-corrected chi connectivity index (χ2v) is 7.73. The molecule has 1 heterocycles. The lowest BCUT2D eigenvalue weighted by atomic mass is 9.73. The molecule has 3 N–H and O–H groups in total. The maximum Gasteiger partial charge on any atom is 0.227 e. The van der Waals surface area contributed by atoms with E-state index in [1.807, 2.05) is 26.0 Å². The Labute approximate surface area is 172 Å². The first-order valence-electron chi connectivity index (χ1n) is 8.94. The molecular formula is C19H29Cl3N2O2. The summed E-state index contributed by atoms with van der Waals surface area (Å²) >= 11 is 12.5. The second kappa shape index (κ2) is 10.1. The molecular weight excluding hydrogens is 395 g/mol. The van der Waals surface area contributed by atoms with Crippen molar-refractivity contribution < 1.29 is 9.53 Å². The fourth-order valence-electron chi connectivity index (χ4n) is 3.61. The number of nitrogens with one attached hydrogen (secondary N) is 1. The zero-order valence-electron chi connectivity index (χ0n) is 15.4. The number of rotatable bonds is 7. The van der Waals surface area contributed by atoms with Crippen LogP contribution < -0.4 is 11.1 Å². The van der Waals surface area contributed by atoms with E-state index >= 15 is 0 Å². The summed E-state index contributed by atoms with van der Waals surface area (Å²) in [6.45, 7) is 6.20. The van der Waals surface area contributed by atoms with E-state index in [1.54, 1.807) is 6.07 Å². The van der Waals surface area contributed by atoms with Gasteiger partial charge >= 0.3 is 0 Å². The van der Waals surface area contributed by atoms with E-state index in [1.165, 1.54) is 0 Å². The number of amides is 1. The van der Waals surface area contributed by atoms with Gasteiger partial charge in [0.05, 0.1) is 5.41 Å². The largest absolute Gasteiger partial charge is 0.381 e. The van der Waals surface area contributed by atoms with Crippen molar-refractivity contribution in [1.82, 2.24) is 5.32 Å². The molecule has 1 aliphatic heterocycles. The number of carbonyl (C=O) groups excluding carboxylic acids is 1. The summed E-state index contributed by atoms with van der Waals surface area (Å²) in [6, 6.07) is 5.59. The predicted octanol–water partition coefficient (Wildman–Crippen LogP) is 4.34. The fraction of sp³-hybridized carbons (Fsp3) is 0.632. The lowest BCUT2D eigenvalue weighted by Gasteiger charge is -2.39. The van der Waals surface area contributed by atoms with E-state index < -0.39 is 5.41 Å². The molecule has 0 aromatic heterocycles. The highest BCUT2D eigenvalue weighted by Crippen LogP contribution is 2.39. The molecule has 1 saturated heterocycles. The number of carbonyl (C=O) groups is 1. The van der Waals surface area contributed by atoms with Crippen molar-refractivity contribution >= 4 is 41.5 Å². The molecule has 0 radical (unpaired) electrons. The van der Waals surface area contributed by atoms with Gasteiger partial charge in [-0.15, -0.1) is 12.4 Å². The molecule has 7 heteroatoms. The van der Waals surface area contributed by atoms with Crippen molar-refractivity contribution in [3.8, 4) is 0 Å². The van der Waals surface area contributed by atoms with Crippen LogP contribution in [0.15, 0.2) is 18.2 Å². The van der Waals surface area contributed by atoms with Gasteiger partial charge in [-0.3, -0.25) is 4.79 Å². The summed E-state index contributed by atoms with van der Waals surface area (Å²) in [5.41, 5.74) is 6.19. The Hall–Kier alpha value is -0.520. The summed E-state index contributed by atoms with van der Waals surface area (Å²) in [7, 11) is 0. The van der Waals surface area contributed by atoms with Crippen LogP contribution in [-0.4, -0.2) is 32.2 Å². The lowest BCUT2D eigenvalue weighted by molar-refractivity contribution is -0.131. The third kappa shape index (κ3) is 4.85. The molecule has 0 unspecified atom stereocenters. The first-order chi connectivity index (χ1) is 11.9. The molecule has 0 aliphatic carbocycles. The number of nitrogens with two attached hydrogens (primary N) is 1. The van der Waals surface area contributed by atoms with Crippen LogP contribution in [0.1, 0.15) is 45.1 Å². The molecule has 26 heavy (non-hydrogen) atoms. The topological polar surface area (TPSA) is 64.4 Å². The number of benzene rings is 1. The van der Waals surface area contributed by atoms with Gasteiger partial charge in [-0.2, -0.15) is 0 Å². The molecule has 1 amide bonds. The Balaban J connectivity index is 0.00000338. The maximum absolute atomic E-state index is 12.8. The average molecular weight is 424 g/mol. The minimum absolute atomic E-state index is 0. The minimum atomic E-state index is -0.504. The molecule has 0 bridgehead atoms. The average Bonchev–Trinajstić information content (AvgIpc) is 2.62. The van der Waals surface area contributed by atoms with Crippen LogP contribution in [-0.2, 0) is 14.9 Å². The Bertz CT molecular complexity index is 592. The van der Waals surface area contributed by atoms with E-state index in [-0.39, 0.29) is 23.7 Å². The smallest absolute Gasteiger partial charge is 0.227 e. The van der Waals surface area contributed by atoms with Crippen LogP contribution in [0.4, 0.5) is 0 Å². The summed E-state index contributed by atoms with van der Waals surface area (Å²) in [4.78, 5) is 12.8. The van der Waals surface area contributed by atoms with Crippen molar-refractivity contribution in [2.75, 3.05) is 26.3 Å². The van der Waals surface area contributed by atoms with Crippen molar-refractivity contribution in [2.24, 2.45) is 11.1 Å². The van der Waals surface area contributed by atoms with Gasteiger partial charge in [0.1, 0.15) is 0 Å². The van der Waals surface area contributed by atoms with E-state index in [4.69, 9.17) is 33.7 Å². The van der Waals surface area contributed by atoms with Gasteiger partial charge in [-0.1, -0.05) is 43.1 Å². The molecule has 1 fully saturated rings. The van der Waals surface area contributed by atoms with Crippen molar-refractivity contribution in [3.05, 3.63) is 33.8 Å². The zero-order chi connectivity index (χ0) is 18.5. The van der Waals surface area contributed by atoms with Crippen molar-refractivity contribution in [2.45, 2.75) is 44.9 Å². The molecule has 4 nitrogen and oxygen atoms in total. The molecule has 0 spiro atoms. The predicted molar refractivity (Wildman–Crippen MR) is 111 cm³/mol. The normalized spacial score (nSPS) is 16.7. The Kier molecular flexibility index (Phi) is 9.17. The van der Waals surface area contributed by atoms with Gasteiger partial charge in [0.2, 0.25) is 5.91 Å². The highest BCUT2D eigenvalue weighted by molar-refractivity contribution is 6.35. The van der Waals surface area contributed by atoms with Crippen LogP contribution in [0.25, 0.3) is 0 Å². The number of ether oxygens (including phenoxy) is 1. The SMILES string of the molecule is CCC(CC)(CN)C(=O)NCC1(c2ccc(Cl)cc2Cl)CCOCC1.Cl. The van der Waals surface area contributed by atoms with Crippen molar-refractivity contribution in [3.63, 3.8) is 0 Å². The first kappa shape index (κ1) is 23.5. The van der Waals surface area contributed by atoms with E-state index in [9.17, 15) is 4.79 Å². The maximum atomic E-state index is 12.8. The first-order valence-corrected chi connectivity index (χ1v) is 9.70. The molecule has 0 saturated carbocycles. The van der Waals surface area contributed by atoms with E-state index in [2.05, 4.69) is 5.32 Å². The van der Waals surface area contributed by atoms with Gasteiger partial charge in [0, 0.05) is 41.8 Å². The van der Waals surface area contributed by atoms with E-state index in [0.717, 1.165) is 31.2 Å². The molecule has 148 valence electrons. The molecule has 1 aromatic rings. The van der Waals surface area contributed by atoms with Crippen LogP contribution in [0.3, 0.4) is 0 Å². The standard InChI is InChI=1S/C19H28Cl2N2O2.ClH/c1-3-18(4-2,12-22)17(24)23-13-19(7-9-25-10-8-19)15-6-5-14(20)11-16(15)21;/h5-6,11H,3-4,7-10,12-13,22H2,1-2H3,(H,23,24);1H. The van der Waals surface area contributed by atoms with Crippen LogP contribution in [0, 0.1) is 5.41 Å². The zero-order valence-corrected chi connectivity index (χ0v) is 17.8. The summed E-state index contributed by atoms with van der Waals surface area (Å²) in [6.07, 6.45) is 3.07. The molecule has 1 aromatic carbocycles. The highest BCUT2D eigenvalue weighted by Gasteiger charge is 2.39. The minimum Gasteiger partial charge on any atom is -0.381 e.